The number of carbonyl (C=O) groups is 1. The van der Waals surface area contributed by atoms with Crippen LogP contribution in [0.2, 0.25) is 4.34 Å². The molecule has 122 valence electrons. The highest BCUT2D eigenvalue weighted by Gasteiger charge is 2.12. The largest absolute Gasteiger partial charge is 0.272 e. The van der Waals surface area contributed by atoms with Crippen molar-refractivity contribution in [3.8, 4) is 0 Å². The standard InChI is InChI=1S/C18H16ClN3OS/c1-3-14(16-8-9-17(19)24-16)21-22-18(23)13-10-11(2)20-15-7-5-4-6-12(13)15/h4-10H,3H2,1-2H3,(H,22,23). The number of aryl methyl sites for hydroxylation is 1. The van der Waals surface area contributed by atoms with E-state index in [0.717, 1.165) is 27.2 Å². The summed E-state index contributed by atoms with van der Waals surface area (Å²) in [5, 5.41) is 5.10. The third kappa shape index (κ3) is 3.47. The molecule has 4 nitrogen and oxygen atoms in total. The minimum Gasteiger partial charge on any atom is -0.267 e. The monoisotopic (exact) mass is 357 g/mol. The normalized spacial score (nSPS) is 11.7. The number of para-hydroxylation sites is 1. The van der Waals surface area contributed by atoms with E-state index in [1.165, 1.54) is 11.3 Å². The lowest BCUT2D eigenvalue weighted by molar-refractivity contribution is 0.0956. The van der Waals surface area contributed by atoms with Crippen LogP contribution in [0.25, 0.3) is 10.9 Å². The number of amides is 1. The van der Waals surface area contributed by atoms with Crippen LogP contribution in [-0.2, 0) is 0 Å². The SMILES string of the molecule is CCC(=NNC(=O)c1cc(C)nc2ccccc12)c1ccc(Cl)s1. The first-order valence-electron chi connectivity index (χ1n) is 7.57. The van der Waals surface area contributed by atoms with Crippen molar-refractivity contribution >= 4 is 45.5 Å². The molecule has 3 rings (SSSR count). The van der Waals surface area contributed by atoms with Crippen molar-refractivity contribution in [1.82, 2.24) is 10.4 Å². The molecule has 0 spiro atoms. The minimum absolute atomic E-state index is 0.245. The number of hydrazone groups is 1. The Hall–Kier alpha value is -2.24. The van der Waals surface area contributed by atoms with Gasteiger partial charge in [0.05, 0.1) is 26.0 Å². The second-order valence-corrected chi connectivity index (χ2v) is 7.00. The maximum Gasteiger partial charge on any atom is 0.272 e. The van der Waals surface area contributed by atoms with E-state index >= 15 is 0 Å². The predicted octanol–water partition coefficient (Wildman–Crippen LogP) is 4.80. The Bertz CT molecular complexity index is 933. The zero-order valence-corrected chi connectivity index (χ0v) is 14.9. The number of rotatable bonds is 4. The Kier molecular flexibility index (Phi) is 4.92. The maximum absolute atomic E-state index is 12.6. The lowest BCUT2D eigenvalue weighted by Gasteiger charge is -2.07. The summed E-state index contributed by atoms with van der Waals surface area (Å²) in [4.78, 5) is 18.0. The van der Waals surface area contributed by atoms with Crippen LogP contribution >= 0.6 is 22.9 Å². The molecular formula is C18H16ClN3OS. The summed E-state index contributed by atoms with van der Waals surface area (Å²) < 4.78 is 0.702. The van der Waals surface area contributed by atoms with Gasteiger partial charge in [-0.1, -0.05) is 36.7 Å². The second-order valence-electron chi connectivity index (χ2n) is 5.29. The molecule has 1 N–H and O–H groups in total. The quantitative estimate of drug-likeness (QED) is 0.538. The Morgan fingerprint density at radius 2 is 2.08 bits per heavy atom. The van der Waals surface area contributed by atoms with Crippen molar-refractivity contribution in [2.75, 3.05) is 0 Å². The van der Waals surface area contributed by atoms with Gasteiger partial charge in [0, 0.05) is 11.1 Å². The third-order valence-electron chi connectivity index (χ3n) is 3.57. The summed E-state index contributed by atoms with van der Waals surface area (Å²) in [6.07, 6.45) is 0.702. The van der Waals surface area contributed by atoms with Gasteiger partial charge in [-0.2, -0.15) is 5.10 Å². The number of fused-ring (bicyclic) bond motifs is 1. The van der Waals surface area contributed by atoms with Gasteiger partial charge in [-0.3, -0.25) is 9.78 Å². The average Bonchev–Trinajstić information content (AvgIpc) is 3.00. The molecule has 0 aliphatic heterocycles. The van der Waals surface area contributed by atoms with Crippen molar-refractivity contribution in [3.63, 3.8) is 0 Å². The first-order chi connectivity index (χ1) is 11.6. The molecule has 0 aliphatic carbocycles. The van der Waals surface area contributed by atoms with Crippen molar-refractivity contribution in [1.29, 1.82) is 0 Å². The molecule has 1 amide bonds. The molecule has 0 atom stereocenters. The van der Waals surface area contributed by atoms with Crippen molar-refractivity contribution in [3.05, 3.63) is 62.9 Å². The van der Waals surface area contributed by atoms with Crippen LogP contribution in [0.5, 0.6) is 0 Å². The van der Waals surface area contributed by atoms with Crippen LogP contribution in [0.1, 0.15) is 34.3 Å². The number of benzene rings is 1. The summed E-state index contributed by atoms with van der Waals surface area (Å²) in [7, 11) is 0. The Morgan fingerprint density at radius 3 is 2.79 bits per heavy atom. The van der Waals surface area contributed by atoms with E-state index < -0.39 is 0 Å². The van der Waals surface area contributed by atoms with Gasteiger partial charge in [0.1, 0.15) is 0 Å². The van der Waals surface area contributed by atoms with Gasteiger partial charge in [0.25, 0.3) is 5.91 Å². The first kappa shape index (κ1) is 16.6. The fourth-order valence-electron chi connectivity index (χ4n) is 2.45. The number of thiophene rings is 1. The smallest absolute Gasteiger partial charge is 0.267 e. The molecule has 0 bridgehead atoms. The second kappa shape index (κ2) is 7.11. The highest BCUT2D eigenvalue weighted by atomic mass is 35.5. The molecule has 2 aromatic heterocycles. The molecule has 24 heavy (non-hydrogen) atoms. The zero-order valence-electron chi connectivity index (χ0n) is 13.3. The van der Waals surface area contributed by atoms with Crippen LogP contribution in [0.4, 0.5) is 0 Å². The van der Waals surface area contributed by atoms with Gasteiger partial charge < -0.3 is 0 Å². The molecule has 0 saturated heterocycles. The van der Waals surface area contributed by atoms with Crippen molar-refractivity contribution in [2.24, 2.45) is 5.10 Å². The van der Waals surface area contributed by atoms with Crippen LogP contribution < -0.4 is 5.43 Å². The minimum atomic E-state index is -0.245. The van der Waals surface area contributed by atoms with Gasteiger partial charge in [-0.05, 0) is 37.6 Å². The highest BCUT2D eigenvalue weighted by molar-refractivity contribution is 7.18. The van der Waals surface area contributed by atoms with Crippen LogP contribution in [0, 0.1) is 6.92 Å². The summed E-state index contributed by atoms with van der Waals surface area (Å²) in [6.45, 7) is 3.86. The Morgan fingerprint density at radius 1 is 1.29 bits per heavy atom. The lowest BCUT2D eigenvalue weighted by atomic mass is 10.1. The zero-order chi connectivity index (χ0) is 17.1. The number of halogens is 1. The fourth-order valence-corrected chi connectivity index (χ4v) is 3.55. The molecule has 6 heteroatoms. The predicted molar refractivity (Wildman–Crippen MR) is 100 cm³/mol. The van der Waals surface area contributed by atoms with Gasteiger partial charge >= 0.3 is 0 Å². The number of hydrogen-bond acceptors (Lipinski definition) is 4. The molecule has 0 aliphatic rings. The molecular weight excluding hydrogens is 342 g/mol. The third-order valence-corrected chi connectivity index (χ3v) is 4.85. The van der Waals surface area contributed by atoms with Gasteiger partial charge in [-0.15, -0.1) is 11.3 Å². The molecule has 0 unspecified atom stereocenters. The summed E-state index contributed by atoms with van der Waals surface area (Å²) in [5.41, 5.74) is 5.63. The molecule has 3 aromatic rings. The number of nitrogens with zero attached hydrogens (tertiary/aromatic N) is 2. The average molecular weight is 358 g/mol. The summed E-state index contributed by atoms with van der Waals surface area (Å²) in [5.74, 6) is -0.245. The fraction of sp³-hybridized carbons (Fsp3) is 0.167. The van der Waals surface area contributed by atoms with E-state index in [0.29, 0.717) is 16.3 Å². The van der Waals surface area contributed by atoms with Gasteiger partial charge in [0.15, 0.2) is 0 Å². The number of pyridine rings is 1. The molecule has 0 fully saturated rings. The lowest BCUT2D eigenvalue weighted by Crippen LogP contribution is -2.20. The van der Waals surface area contributed by atoms with Crippen LogP contribution in [-0.4, -0.2) is 16.6 Å². The number of hydrogen-bond donors (Lipinski definition) is 1. The van der Waals surface area contributed by atoms with Gasteiger partial charge in [0.2, 0.25) is 0 Å². The van der Waals surface area contributed by atoms with E-state index in [4.69, 9.17) is 11.6 Å². The van der Waals surface area contributed by atoms with E-state index in [2.05, 4.69) is 15.5 Å². The van der Waals surface area contributed by atoms with Crippen LogP contribution in [0.15, 0.2) is 47.6 Å². The summed E-state index contributed by atoms with van der Waals surface area (Å²) in [6, 6.07) is 13.1. The molecule has 2 heterocycles. The van der Waals surface area contributed by atoms with E-state index in [9.17, 15) is 4.79 Å². The Labute approximate surface area is 149 Å². The van der Waals surface area contributed by atoms with Crippen LogP contribution in [0.3, 0.4) is 0 Å². The number of nitrogens with one attached hydrogen (secondary N) is 1. The van der Waals surface area contributed by atoms with E-state index in [1.807, 2.05) is 50.2 Å². The topological polar surface area (TPSA) is 54.4 Å². The Balaban J connectivity index is 1.91. The number of carbonyl (C=O) groups excluding carboxylic acids is 1. The van der Waals surface area contributed by atoms with E-state index in [1.54, 1.807) is 6.07 Å². The van der Waals surface area contributed by atoms with Crippen molar-refractivity contribution in [2.45, 2.75) is 20.3 Å². The van der Waals surface area contributed by atoms with Crippen molar-refractivity contribution < 1.29 is 4.79 Å². The molecule has 0 saturated carbocycles. The molecule has 1 aromatic carbocycles. The van der Waals surface area contributed by atoms with Gasteiger partial charge in [-0.25, -0.2) is 5.43 Å². The van der Waals surface area contributed by atoms with E-state index in [-0.39, 0.29) is 5.91 Å². The maximum atomic E-state index is 12.6. The summed E-state index contributed by atoms with van der Waals surface area (Å²) >= 11 is 7.42. The first-order valence-corrected chi connectivity index (χ1v) is 8.77. The highest BCUT2D eigenvalue weighted by Crippen LogP contribution is 2.23. The molecule has 0 radical (unpaired) electrons. The number of aromatic nitrogens is 1.